The van der Waals surface area contributed by atoms with Crippen molar-refractivity contribution in [3.05, 3.63) is 88.1 Å². The molecule has 2 heterocycles. The van der Waals surface area contributed by atoms with Crippen LogP contribution in [0.1, 0.15) is 36.8 Å². The van der Waals surface area contributed by atoms with Crippen molar-refractivity contribution < 1.29 is 4.79 Å². The molecule has 2 aromatic heterocycles. The van der Waals surface area contributed by atoms with Crippen molar-refractivity contribution in [2.45, 2.75) is 40.2 Å². The van der Waals surface area contributed by atoms with Gasteiger partial charge in [0.15, 0.2) is 0 Å². The normalized spacial score (nSPS) is 12.1. The zero-order valence-electron chi connectivity index (χ0n) is 18.2. The van der Waals surface area contributed by atoms with Crippen LogP contribution in [0.25, 0.3) is 16.5 Å². The van der Waals surface area contributed by atoms with Gasteiger partial charge in [-0.25, -0.2) is 0 Å². The van der Waals surface area contributed by atoms with Crippen molar-refractivity contribution in [1.29, 1.82) is 0 Å². The molecule has 0 saturated heterocycles. The van der Waals surface area contributed by atoms with Gasteiger partial charge in [-0.05, 0) is 51.0 Å². The molecule has 6 heteroatoms. The van der Waals surface area contributed by atoms with Gasteiger partial charge in [-0.15, -0.1) is 0 Å². The number of amides is 1. The van der Waals surface area contributed by atoms with Gasteiger partial charge in [0.05, 0.1) is 17.3 Å². The zero-order valence-corrected chi connectivity index (χ0v) is 18.2. The van der Waals surface area contributed by atoms with Gasteiger partial charge in [0.25, 0.3) is 5.56 Å². The molecule has 1 atom stereocenters. The first-order chi connectivity index (χ1) is 14.9. The molecule has 31 heavy (non-hydrogen) atoms. The average molecular weight is 415 g/mol. The predicted molar refractivity (Wildman–Crippen MR) is 124 cm³/mol. The molecule has 1 unspecified atom stereocenters. The summed E-state index contributed by atoms with van der Waals surface area (Å²) in [6.07, 6.45) is 2.54. The third kappa shape index (κ3) is 3.54. The highest BCUT2D eigenvalue weighted by atomic mass is 16.2. The second-order valence-corrected chi connectivity index (χ2v) is 7.70. The molecular formula is C25H26N4O2. The van der Waals surface area contributed by atoms with E-state index in [9.17, 15) is 9.59 Å². The van der Waals surface area contributed by atoms with Crippen LogP contribution in [0.3, 0.4) is 0 Å². The Hall–Kier alpha value is -3.67. The van der Waals surface area contributed by atoms with E-state index in [1.165, 1.54) is 4.68 Å². The van der Waals surface area contributed by atoms with Crippen LogP contribution in [-0.2, 0) is 11.2 Å². The van der Waals surface area contributed by atoms with Gasteiger partial charge < -0.3 is 9.88 Å². The Kier molecular flexibility index (Phi) is 5.46. The van der Waals surface area contributed by atoms with Crippen LogP contribution in [-0.4, -0.2) is 20.3 Å². The Bertz CT molecular complexity index is 1320. The van der Waals surface area contributed by atoms with Gasteiger partial charge in [0.1, 0.15) is 6.04 Å². The fourth-order valence-corrected chi connectivity index (χ4v) is 4.22. The minimum atomic E-state index is -0.484. The molecule has 4 aromatic rings. The number of benzene rings is 2. The van der Waals surface area contributed by atoms with E-state index in [1.54, 1.807) is 6.20 Å². The van der Waals surface area contributed by atoms with E-state index in [1.807, 2.05) is 79.9 Å². The predicted octanol–water partition coefficient (Wildman–Crippen LogP) is 4.57. The summed E-state index contributed by atoms with van der Waals surface area (Å²) in [5, 5.41) is 8.78. The number of aromatic nitrogens is 3. The second kappa shape index (κ2) is 8.22. The third-order valence-corrected chi connectivity index (χ3v) is 5.88. The number of rotatable bonds is 5. The number of hydrogen-bond donors (Lipinski definition) is 1. The van der Waals surface area contributed by atoms with Crippen LogP contribution in [0.2, 0.25) is 0 Å². The maximum Gasteiger partial charge on any atom is 0.281 e. The van der Waals surface area contributed by atoms with E-state index < -0.39 is 6.04 Å². The molecule has 158 valence electrons. The van der Waals surface area contributed by atoms with Gasteiger partial charge in [0, 0.05) is 22.5 Å². The molecule has 0 bridgehead atoms. The van der Waals surface area contributed by atoms with Gasteiger partial charge in [-0.3, -0.25) is 9.59 Å². The number of anilines is 1. The van der Waals surface area contributed by atoms with E-state index in [-0.39, 0.29) is 11.5 Å². The van der Waals surface area contributed by atoms with Crippen molar-refractivity contribution in [2.24, 2.45) is 0 Å². The van der Waals surface area contributed by atoms with Crippen molar-refractivity contribution in [2.75, 3.05) is 5.32 Å². The molecule has 2 aromatic carbocycles. The largest absolute Gasteiger partial charge is 0.336 e. The number of carbonyl (C=O) groups excluding carboxylic acids is 1. The number of aryl methyl sites for hydroxylation is 3. The van der Waals surface area contributed by atoms with Crippen LogP contribution in [0.15, 0.2) is 65.6 Å². The van der Waals surface area contributed by atoms with Crippen molar-refractivity contribution in [3.8, 4) is 5.69 Å². The van der Waals surface area contributed by atoms with E-state index in [0.29, 0.717) is 11.1 Å². The molecule has 0 aliphatic heterocycles. The quantitative estimate of drug-likeness (QED) is 0.520. The molecular weight excluding hydrogens is 388 g/mol. The van der Waals surface area contributed by atoms with Gasteiger partial charge >= 0.3 is 0 Å². The smallest absolute Gasteiger partial charge is 0.281 e. The maximum atomic E-state index is 13.3. The van der Waals surface area contributed by atoms with Crippen molar-refractivity contribution in [1.82, 2.24) is 14.3 Å². The second-order valence-electron chi connectivity index (χ2n) is 7.70. The lowest BCUT2D eigenvalue weighted by Gasteiger charge is -2.19. The first-order valence-electron chi connectivity index (χ1n) is 10.5. The molecule has 1 amide bonds. The van der Waals surface area contributed by atoms with E-state index in [2.05, 4.69) is 17.3 Å². The Morgan fingerprint density at radius 2 is 1.71 bits per heavy atom. The van der Waals surface area contributed by atoms with Gasteiger partial charge in [-0.1, -0.05) is 43.3 Å². The first-order valence-corrected chi connectivity index (χ1v) is 10.5. The van der Waals surface area contributed by atoms with Gasteiger partial charge in [-0.2, -0.15) is 9.78 Å². The summed E-state index contributed by atoms with van der Waals surface area (Å²) in [5.74, 6) is -0.122. The summed E-state index contributed by atoms with van der Waals surface area (Å²) < 4.78 is 3.33. The van der Waals surface area contributed by atoms with Crippen molar-refractivity contribution in [3.63, 3.8) is 0 Å². The Morgan fingerprint density at radius 1 is 1.03 bits per heavy atom. The molecule has 0 fully saturated rings. The fraction of sp³-hybridized carbons (Fsp3) is 0.240. The Labute approximate surface area is 181 Å². The van der Waals surface area contributed by atoms with E-state index >= 15 is 0 Å². The van der Waals surface area contributed by atoms with Crippen molar-refractivity contribution >= 4 is 22.4 Å². The topological polar surface area (TPSA) is 68.9 Å². The zero-order chi connectivity index (χ0) is 22.1. The molecule has 0 aliphatic rings. The van der Waals surface area contributed by atoms with Crippen LogP contribution < -0.4 is 10.9 Å². The highest BCUT2D eigenvalue weighted by Gasteiger charge is 2.24. The Balaban J connectivity index is 1.76. The lowest BCUT2D eigenvalue weighted by atomic mass is 10.1. The van der Waals surface area contributed by atoms with Crippen LogP contribution >= 0.6 is 0 Å². The number of para-hydroxylation sites is 2. The molecule has 6 nitrogen and oxygen atoms in total. The number of nitrogens with one attached hydrogen (secondary N) is 1. The summed E-state index contributed by atoms with van der Waals surface area (Å²) in [7, 11) is 0. The third-order valence-electron chi connectivity index (χ3n) is 5.88. The fourth-order valence-electron chi connectivity index (χ4n) is 4.22. The molecule has 0 spiro atoms. The average Bonchev–Trinajstić information content (AvgIpc) is 3.05. The number of carbonyl (C=O) groups is 1. The number of nitrogens with zero attached hydrogens (tertiary/aromatic N) is 3. The summed E-state index contributed by atoms with van der Waals surface area (Å²) >= 11 is 0. The molecule has 1 N–H and O–H groups in total. The van der Waals surface area contributed by atoms with E-state index in [0.717, 1.165) is 34.4 Å². The SMILES string of the molecule is CCc1ccccc1NC(=O)C(C)n1c(C)c2cnn(-c3ccccc3)c(=O)c2c1C. The monoisotopic (exact) mass is 414 g/mol. The first kappa shape index (κ1) is 20.6. The lowest BCUT2D eigenvalue weighted by Crippen LogP contribution is -2.26. The van der Waals surface area contributed by atoms with Crippen LogP contribution in [0.5, 0.6) is 0 Å². The number of fused-ring (bicyclic) bond motifs is 1. The molecule has 0 radical (unpaired) electrons. The summed E-state index contributed by atoms with van der Waals surface area (Å²) in [5.41, 5.74) is 4.04. The lowest BCUT2D eigenvalue weighted by molar-refractivity contribution is -0.118. The summed E-state index contributed by atoms with van der Waals surface area (Å²) in [6.45, 7) is 7.72. The Morgan fingerprint density at radius 3 is 2.42 bits per heavy atom. The van der Waals surface area contributed by atoms with Gasteiger partial charge in [0.2, 0.25) is 5.91 Å². The maximum absolute atomic E-state index is 13.3. The van der Waals surface area contributed by atoms with Crippen LogP contribution in [0.4, 0.5) is 5.69 Å². The van der Waals surface area contributed by atoms with Crippen LogP contribution in [0, 0.1) is 13.8 Å². The molecule has 0 aliphatic carbocycles. The minimum absolute atomic E-state index is 0.122. The standard InChI is InChI=1S/C25H26N4O2/c1-5-19-11-9-10-14-22(19)27-24(30)18(4)28-16(2)21-15-26-29(20-12-7-6-8-13-20)25(31)23(21)17(28)3/h6-15,18H,5H2,1-4H3,(H,27,30). The highest BCUT2D eigenvalue weighted by molar-refractivity contribution is 5.95. The number of hydrogen-bond acceptors (Lipinski definition) is 3. The highest BCUT2D eigenvalue weighted by Crippen LogP contribution is 2.27. The molecule has 4 rings (SSSR count). The summed E-state index contributed by atoms with van der Waals surface area (Å²) in [4.78, 5) is 26.4. The minimum Gasteiger partial charge on any atom is -0.336 e. The molecule has 0 saturated carbocycles. The summed E-state index contributed by atoms with van der Waals surface area (Å²) in [6, 6.07) is 16.7. The van der Waals surface area contributed by atoms with E-state index in [4.69, 9.17) is 0 Å².